The second kappa shape index (κ2) is 9.55. The van der Waals surface area contributed by atoms with Crippen molar-refractivity contribution in [1.82, 2.24) is 10.9 Å². The van der Waals surface area contributed by atoms with Crippen LogP contribution in [0.4, 0.5) is 5.69 Å². The molecule has 1 atom stereocenters. The number of carbonyl (C=O) groups is 4. The maximum absolute atomic E-state index is 12.1. The summed E-state index contributed by atoms with van der Waals surface area (Å²) in [7, 11) is 0. The van der Waals surface area contributed by atoms with Gasteiger partial charge in [0.25, 0.3) is 17.7 Å². The van der Waals surface area contributed by atoms with Gasteiger partial charge in [0.15, 0.2) is 12.7 Å². The second-order valence-electron chi connectivity index (χ2n) is 6.49. The highest BCUT2D eigenvalue weighted by molar-refractivity contribution is 5.98. The molecule has 0 aromatic heterocycles. The highest BCUT2D eigenvalue weighted by atomic mass is 16.5. The number of para-hydroxylation sites is 2. The average molecular weight is 411 g/mol. The number of hydrogen-bond acceptors (Lipinski definition) is 6. The molecule has 30 heavy (non-hydrogen) atoms. The highest BCUT2D eigenvalue weighted by Crippen LogP contribution is 2.31. The Morgan fingerprint density at radius 1 is 1.07 bits per heavy atom. The van der Waals surface area contributed by atoms with E-state index in [1.807, 2.05) is 0 Å². The molecule has 3 rings (SSSR count). The Morgan fingerprint density at radius 2 is 1.77 bits per heavy atom. The molecule has 0 radical (unpaired) electrons. The zero-order valence-electron chi connectivity index (χ0n) is 16.3. The van der Waals surface area contributed by atoms with Crippen LogP contribution >= 0.6 is 0 Å². The van der Waals surface area contributed by atoms with Crippen molar-refractivity contribution >= 4 is 29.4 Å². The van der Waals surface area contributed by atoms with Crippen molar-refractivity contribution in [3.8, 4) is 5.75 Å². The lowest BCUT2D eigenvalue weighted by Gasteiger charge is -2.29. The Kier molecular flexibility index (Phi) is 6.63. The van der Waals surface area contributed by atoms with E-state index < -0.39 is 23.9 Å². The molecule has 2 N–H and O–H groups in total. The summed E-state index contributed by atoms with van der Waals surface area (Å²) in [5.41, 5.74) is 5.42. The van der Waals surface area contributed by atoms with Crippen molar-refractivity contribution in [2.45, 2.75) is 19.4 Å². The number of fused-ring (bicyclic) bond motifs is 1. The van der Waals surface area contributed by atoms with Gasteiger partial charge in [-0.05, 0) is 31.2 Å². The minimum absolute atomic E-state index is 0.0944. The van der Waals surface area contributed by atoms with E-state index in [4.69, 9.17) is 9.47 Å². The highest BCUT2D eigenvalue weighted by Gasteiger charge is 2.26. The van der Waals surface area contributed by atoms with Gasteiger partial charge < -0.3 is 14.4 Å². The van der Waals surface area contributed by atoms with Crippen molar-refractivity contribution in [2.75, 3.05) is 18.1 Å². The summed E-state index contributed by atoms with van der Waals surface area (Å²) in [6, 6.07) is 15.4. The lowest BCUT2D eigenvalue weighted by Crippen LogP contribution is -2.47. The molecule has 9 nitrogen and oxygen atoms in total. The van der Waals surface area contributed by atoms with Crippen LogP contribution < -0.4 is 20.5 Å². The first kappa shape index (κ1) is 20.8. The first-order valence-electron chi connectivity index (χ1n) is 9.32. The molecule has 0 saturated carbocycles. The van der Waals surface area contributed by atoms with Gasteiger partial charge in [0.1, 0.15) is 5.75 Å². The van der Waals surface area contributed by atoms with Crippen LogP contribution in [0.2, 0.25) is 0 Å². The van der Waals surface area contributed by atoms with Gasteiger partial charge in [-0.2, -0.15) is 0 Å². The molecule has 0 saturated heterocycles. The molecule has 156 valence electrons. The van der Waals surface area contributed by atoms with E-state index in [0.717, 1.165) is 0 Å². The van der Waals surface area contributed by atoms with Crippen LogP contribution in [0.5, 0.6) is 5.75 Å². The molecule has 0 aliphatic carbocycles. The molecule has 9 heteroatoms. The zero-order valence-corrected chi connectivity index (χ0v) is 16.3. The zero-order chi connectivity index (χ0) is 21.5. The summed E-state index contributed by atoms with van der Waals surface area (Å²) in [5.74, 6) is -1.53. The van der Waals surface area contributed by atoms with Gasteiger partial charge >= 0.3 is 5.97 Å². The molecule has 1 aliphatic rings. The predicted octanol–water partition coefficient (Wildman–Crippen LogP) is 1.19. The fourth-order valence-corrected chi connectivity index (χ4v) is 2.79. The van der Waals surface area contributed by atoms with Crippen molar-refractivity contribution in [2.24, 2.45) is 0 Å². The fraction of sp³-hybridized carbons (Fsp3) is 0.238. The number of amides is 3. The molecule has 0 unspecified atom stereocenters. The molecule has 0 bridgehead atoms. The van der Waals surface area contributed by atoms with Crippen molar-refractivity contribution in [3.05, 3.63) is 60.2 Å². The Morgan fingerprint density at radius 3 is 2.53 bits per heavy atom. The van der Waals surface area contributed by atoms with Crippen LogP contribution in [0.1, 0.15) is 23.7 Å². The van der Waals surface area contributed by atoms with Gasteiger partial charge in [-0.25, -0.2) is 0 Å². The van der Waals surface area contributed by atoms with Gasteiger partial charge in [0.05, 0.1) is 12.1 Å². The second-order valence-corrected chi connectivity index (χ2v) is 6.49. The summed E-state index contributed by atoms with van der Waals surface area (Å²) in [6.07, 6.45) is -1.23. The van der Waals surface area contributed by atoms with Gasteiger partial charge in [0.2, 0.25) is 0 Å². The fourth-order valence-electron chi connectivity index (χ4n) is 2.79. The average Bonchev–Trinajstić information content (AvgIpc) is 2.77. The molecule has 1 heterocycles. The quantitative estimate of drug-likeness (QED) is 0.545. The number of hydrogen-bond donors (Lipinski definition) is 2. The lowest BCUT2D eigenvalue weighted by molar-refractivity contribution is -0.154. The van der Waals surface area contributed by atoms with E-state index in [0.29, 0.717) is 17.0 Å². The topological polar surface area (TPSA) is 114 Å². The molecule has 0 fully saturated rings. The van der Waals surface area contributed by atoms with Crippen molar-refractivity contribution in [1.29, 1.82) is 0 Å². The van der Waals surface area contributed by atoms with Crippen LogP contribution in [0.15, 0.2) is 54.6 Å². The Balaban J connectivity index is 1.46. The smallest absolute Gasteiger partial charge is 0.308 e. The minimum atomic E-state index is -1.12. The normalized spacial score (nSPS) is 13.5. The van der Waals surface area contributed by atoms with Gasteiger partial charge in [-0.3, -0.25) is 30.0 Å². The summed E-state index contributed by atoms with van der Waals surface area (Å²) in [6.45, 7) is 1.38. The monoisotopic (exact) mass is 411 g/mol. The summed E-state index contributed by atoms with van der Waals surface area (Å²) < 4.78 is 10.4. The van der Waals surface area contributed by atoms with Crippen LogP contribution in [-0.2, 0) is 19.1 Å². The molecular formula is C21H21N3O6. The number of hydrazine groups is 1. The van der Waals surface area contributed by atoms with Crippen LogP contribution in [0.25, 0.3) is 0 Å². The van der Waals surface area contributed by atoms with E-state index in [2.05, 4.69) is 10.9 Å². The number of esters is 1. The first-order chi connectivity index (χ1) is 14.5. The summed E-state index contributed by atoms with van der Waals surface area (Å²) in [4.78, 5) is 49.7. The van der Waals surface area contributed by atoms with E-state index in [1.54, 1.807) is 54.6 Å². The lowest BCUT2D eigenvalue weighted by atomic mass is 10.2. The molecule has 2 aromatic carbocycles. The SMILES string of the molecule is C[C@H](OC(=O)CCN1C(=O)COc2ccccc21)C(=O)NNC(=O)c1ccccc1. The number of rotatable bonds is 6. The number of nitrogens with one attached hydrogen (secondary N) is 2. The standard InChI is InChI=1S/C21H21N3O6/c1-14(20(27)22-23-21(28)15-7-3-2-4-8-15)30-19(26)11-12-24-16-9-5-6-10-17(16)29-13-18(24)25/h2-10,14H,11-13H2,1H3,(H,22,27)(H,23,28)/t14-/m0/s1. The van der Waals surface area contributed by atoms with E-state index in [9.17, 15) is 19.2 Å². The molecular weight excluding hydrogens is 390 g/mol. The molecule has 1 aliphatic heterocycles. The summed E-state index contributed by atoms with van der Waals surface area (Å²) in [5, 5.41) is 0. The van der Waals surface area contributed by atoms with E-state index >= 15 is 0 Å². The molecule has 2 aromatic rings. The van der Waals surface area contributed by atoms with Crippen LogP contribution in [-0.4, -0.2) is 42.9 Å². The Labute approximate surface area is 172 Å². The number of nitrogens with zero attached hydrogens (tertiary/aromatic N) is 1. The van der Waals surface area contributed by atoms with Crippen molar-refractivity contribution in [3.63, 3.8) is 0 Å². The molecule has 3 amide bonds. The van der Waals surface area contributed by atoms with Gasteiger partial charge in [0, 0.05) is 12.1 Å². The summed E-state index contributed by atoms with van der Waals surface area (Å²) >= 11 is 0. The minimum Gasteiger partial charge on any atom is -0.482 e. The predicted molar refractivity (Wildman–Crippen MR) is 107 cm³/mol. The number of ether oxygens (including phenoxy) is 2. The third-order valence-electron chi connectivity index (χ3n) is 4.36. The largest absolute Gasteiger partial charge is 0.482 e. The maximum Gasteiger partial charge on any atom is 0.308 e. The Hall–Kier alpha value is -3.88. The van der Waals surface area contributed by atoms with Gasteiger partial charge in [-0.15, -0.1) is 0 Å². The first-order valence-corrected chi connectivity index (χ1v) is 9.32. The van der Waals surface area contributed by atoms with E-state index in [1.165, 1.54) is 11.8 Å². The third-order valence-corrected chi connectivity index (χ3v) is 4.36. The molecule has 0 spiro atoms. The number of anilines is 1. The van der Waals surface area contributed by atoms with Crippen LogP contribution in [0, 0.1) is 0 Å². The van der Waals surface area contributed by atoms with Gasteiger partial charge in [-0.1, -0.05) is 30.3 Å². The third kappa shape index (κ3) is 5.13. The number of carbonyl (C=O) groups excluding carboxylic acids is 4. The number of benzene rings is 2. The van der Waals surface area contributed by atoms with Crippen LogP contribution in [0.3, 0.4) is 0 Å². The van der Waals surface area contributed by atoms with Crippen molar-refractivity contribution < 1.29 is 28.7 Å². The Bertz CT molecular complexity index is 947. The maximum atomic E-state index is 12.1. The van der Waals surface area contributed by atoms with E-state index in [-0.39, 0.29) is 25.5 Å².